The average Bonchev–Trinajstić information content (AvgIpc) is 2.98. The molecule has 0 aliphatic rings. The predicted molar refractivity (Wildman–Crippen MR) is 102 cm³/mol. The molecule has 4 nitrogen and oxygen atoms in total. The van der Waals surface area contributed by atoms with Crippen LogP contribution in [0.2, 0.25) is 0 Å². The molecule has 24 heavy (non-hydrogen) atoms. The molecule has 124 valence electrons. The molecule has 0 saturated carbocycles. The summed E-state index contributed by atoms with van der Waals surface area (Å²) in [7, 11) is 0. The molecule has 1 N–H and O–H groups in total. The molecule has 0 aliphatic carbocycles. The van der Waals surface area contributed by atoms with Gasteiger partial charge in [0.1, 0.15) is 11.3 Å². The van der Waals surface area contributed by atoms with E-state index in [4.69, 9.17) is 4.74 Å². The first-order chi connectivity index (χ1) is 11.6. The number of fused-ring (bicyclic) bond motifs is 1. The van der Waals surface area contributed by atoms with Crippen molar-refractivity contribution in [3.63, 3.8) is 0 Å². The third-order valence-electron chi connectivity index (χ3n) is 3.54. The standard InChI is InChI=1S/C18H17BrN2O2S/c1-3-23-14-5-4-6-15-16(14)21-18(24-15)20-11(2)17(22)12-7-9-13(19)10-8-12/h4-11H,3H2,1-2H3,(H,20,21). The molecule has 6 heteroatoms. The lowest BCUT2D eigenvalue weighted by Gasteiger charge is -2.11. The molecule has 2 aromatic carbocycles. The molecule has 3 aromatic rings. The van der Waals surface area contributed by atoms with Gasteiger partial charge >= 0.3 is 0 Å². The lowest BCUT2D eigenvalue weighted by molar-refractivity contribution is 0.0975. The van der Waals surface area contributed by atoms with Gasteiger partial charge in [0.25, 0.3) is 0 Å². The summed E-state index contributed by atoms with van der Waals surface area (Å²) >= 11 is 4.90. The van der Waals surface area contributed by atoms with E-state index in [9.17, 15) is 4.79 Å². The van der Waals surface area contributed by atoms with Gasteiger partial charge in [-0.15, -0.1) is 0 Å². The zero-order valence-corrected chi connectivity index (χ0v) is 15.8. The van der Waals surface area contributed by atoms with Gasteiger partial charge in [-0.3, -0.25) is 4.79 Å². The number of carbonyl (C=O) groups excluding carboxylic acids is 1. The molecular formula is C18H17BrN2O2S. The van der Waals surface area contributed by atoms with E-state index in [0.29, 0.717) is 12.2 Å². The Bertz CT molecular complexity index is 861. The first-order valence-corrected chi connectivity index (χ1v) is 9.28. The zero-order chi connectivity index (χ0) is 17.1. The van der Waals surface area contributed by atoms with Gasteiger partial charge in [-0.25, -0.2) is 4.98 Å². The van der Waals surface area contributed by atoms with E-state index in [-0.39, 0.29) is 11.8 Å². The summed E-state index contributed by atoms with van der Waals surface area (Å²) < 4.78 is 7.60. The number of Topliss-reactive ketones (excluding diaryl/α,β-unsaturated/α-hetero) is 1. The number of anilines is 1. The highest BCUT2D eigenvalue weighted by Gasteiger charge is 2.17. The van der Waals surface area contributed by atoms with Gasteiger partial charge in [-0.05, 0) is 38.1 Å². The number of benzene rings is 2. The van der Waals surface area contributed by atoms with Gasteiger partial charge in [0.15, 0.2) is 10.9 Å². The number of ether oxygens (including phenoxy) is 1. The number of carbonyl (C=O) groups is 1. The molecule has 1 heterocycles. The van der Waals surface area contributed by atoms with Crippen molar-refractivity contribution in [2.75, 3.05) is 11.9 Å². The number of rotatable bonds is 6. The average molecular weight is 405 g/mol. The van der Waals surface area contributed by atoms with E-state index in [2.05, 4.69) is 26.2 Å². The molecule has 1 aromatic heterocycles. The van der Waals surface area contributed by atoms with Crippen LogP contribution in [-0.2, 0) is 0 Å². The smallest absolute Gasteiger partial charge is 0.184 e. The van der Waals surface area contributed by atoms with Crippen molar-refractivity contribution in [2.45, 2.75) is 19.9 Å². The fraction of sp³-hybridized carbons (Fsp3) is 0.222. The van der Waals surface area contributed by atoms with Crippen LogP contribution in [0.4, 0.5) is 5.13 Å². The maximum Gasteiger partial charge on any atom is 0.184 e. The largest absolute Gasteiger partial charge is 0.492 e. The van der Waals surface area contributed by atoms with E-state index in [0.717, 1.165) is 25.6 Å². The van der Waals surface area contributed by atoms with Gasteiger partial charge in [0.05, 0.1) is 17.3 Å². The lowest BCUT2D eigenvalue weighted by atomic mass is 10.1. The van der Waals surface area contributed by atoms with Crippen molar-refractivity contribution in [3.8, 4) is 5.75 Å². The van der Waals surface area contributed by atoms with E-state index in [1.807, 2.05) is 56.3 Å². The van der Waals surface area contributed by atoms with Crippen LogP contribution in [0.15, 0.2) is 46.9 Å². The Morgan fingerprint density at radius 1 is 1.29 bits per heavy atom. The summed E-state index contributed by atoms with van der Waals surface area (Å²) in [5, 5.41) is 3.92. The molecule has 0 saturated heterocycles. The maximum atomic E-state index is 12.5. The Hall–Kier alpha value is -1.92. The van der Waals surface area contributed by atoms with Gasteiger partial charge in [-0.1, -0.05) is 45.5 Å². The van der Waals surface area contributed by atoms with Crippen molar-refractivity contribution in [1.29, 1.82) is 0 Å². The topological polar surface area (TPSA) is 51.2 Å². The quantitative estimate of drug-likeness (QED) is 0.577. The minimum absolute atomic E-state index is 0.0341. The van der Waals surface area contributed by atoms with Crippen molar-refractivity contribution >= 4 is 48.4 Å². The van der Waals surface area contributed by atoms with Crippen molar-refractivity contribution in [3.05, 3.63) is 52.5 Å². The number of ketones is 1. The van der Waals surface area contributed by atoms with Crippen molar-refractivity contribution < 1.29 is 9.53 Å². The maximum absolute atomic E-state index is 12.5. The molecule has 0 radical (unpaired) electrons. The molecule has 0 fully saturated rings. The van der Waals surface area contributed by atoms with Crippen LogP contribution in [-0.4, -0.2) is 23.4 Å². The number of hydrogen-bond acceptors (Lipinski definition) is 5. The number of para-hydroxylation sites is 1. The third kappa shape index (κ3) is 3.60. The number of nitrogens with one attached hydrogen (secondary N) is 1. The van der Waals surface area contributed by atoms with Crippen molar-refractivity contribution in [1.82, 2.24) is 4.98 Å². The summed E-state index contributed by atoms with van der Waals surface area (Å²) in [5.74, 6) is 0.804. The molecule has 1 atom stereocenters. The Balaban J connectivity index is 1.80. The second kappa shape index (κ2) is 7.32. The number of hydrogen-bond donors (Lipinski definition) is 1. The molecule has 0 bridgehead atoms. The molecular weight excluding hydrogens is 388 g/mol. The van der Waals surface area contributed by atoms with Crippen LogP contribution in [0.25, 0.3) is 10.2 Å². The van der Waals surface area contributed by atoms with E-state index >= 15 is 0 Å². The molecule has 0 aliphatic heterocycles. The Kier molecular flexibility index (Phi) is 5.16. The number of aromatic nitrogens is 1. The molecule has 1 unspecified atom stereocenters. The highest BCUT2D eigenvalue weighted by atomic mass is 79.9. The van der Waals surface area contributed by atoms with Gasteiger partial charge < -0.3 is 10.1 Å². The summed E-state index contributed by atoms with van der Waals surface area (Å²) in [6.45, 7) is 4.39. The Labute approximate surface area is 153 Å². The highest BCUT2D eigenvalue weighted by molar-refractivity contribution is 9.10. The number of thiazole rings is 1. The van der Waals surface area contributed by atoms with E-state index in [1.165, 1.54) is 11.3 Å². The lowest BCUT2D eigenvalue weighted by Crippen LogP contribution is -2.26. The normalized spacial score (nSPS) is 12.1. The van der Waals surface area contributed by atoms with Crippen LogP contribution in [0, 0.1) is 0 Å². The summed E-state index contributed by atoms with van der Waals surface area (Å²) in [5.41, 5.74) is 1.50. The fourth-order valence-corrected chi connectivity index (χ4v) is 3.61. The summed E-state index contributed by atoms with van der Waals surface area (Å²) in [4.78, 5) is 17.1. The Morgan fingerprint density at radius 2 is 2.04 bits per heavy atom. The van der Waals surface area contributed by atoms with Crippen LogP contribution in [0.1, 0.15) is 24.2 Å². The third-order valence-corrected chi connectivity index (χ3v) is 5.02. The SMILES string of the molecule is CCOc1cccc2sc(NC(C)C(=O)c3ccc(Br)cc3)nc12. The van der Waals surface area contributed by atoms with Crippen molar-refractivity contribution in [2.24, 2.45) is 0 Å². The van der Waals surface area contributed by atoms with Gasteiger partial charge in [-0.2, -0.15) is 0 Å². The van der Waals surface area contributed by atoms with E-state index < -0.39 is 0 Å². The monoisotopic (exact) mass is 404 g/mol. The molecule has 3 rings (SSSR count). The van der Waals surface area contributed by atoms with Crippen LogP contribution in [0.5, 0.6) is 5.75 Å². The first kappa shape index (κ1) is 16.9. The molecule has 0 amide bonds. The highest BCUT2D eigenvalue weighted by Crippen LogP contribution is 2.32. The van der Waals surface area contributed by atoms with Gasteiger partial charge in [0, 0.05) is 10.0 Å². The minimum Gasteiger partial charge on any atom is -0.492 e. The minimum atomic E-state index is -0.359. The van der Waals surface area contributed by atoms with Crippen LogP contribution < -0.4 is 10.1 Å². The second-order valence-corrected chi connectivity index (χ2v) is 7.24. The second-order valence-electron chi connectivity index (χ2n) is 5.29. The number of halogens is 1. The Morgan fingerprint density at radius 3 is 2.75 bits per heavy atom. The van der Waals surface area contributed by atoms with Crippen LogP contribution >= 0.6 is 27.3 Å². The van der Waals surface area contributed by atoms with Gasteiger partial charge in [0.2, 0.25) is 0 Å². The zero-order valence-electron chi connectivity index (χ0n) is 13.4. The number of nitrogens with zero attached hydrogens (tertiary/aromatic N) is 1. The summed E-state index contributed by atoms with van der Waals surface area (Å²) in [6.07, 6.45) is 0. The van der Waals surface area contributed by atoms with Crippen LogP contribution in [0.3, 0.4) is 0 Å². The summed E-state index contributed by atoms with van der Waals surface area (Å²) in [6, 6.07) is 12.9. The molecule has 0 spiro atoms. The predicted octanol–water partition coefficient (Wildman–Crippen LogP) is 5.14. The first-order valence-electron chi connectivity index (χ1n) is 7.67. The van der Waals surface area contributed by atoms with E-state index in [1.54, 1.807) is 0 Å². The fourth-order valence-electron chi connectivity index (χ4n) is 2.37.